The monoisotopic (exact) mass is 372 g/mol. The third kappa shape index (κ3) is 3.01. The maximum atomic E-state index is 12.9. The van der Waals surface area contributed by atoms with Gasteiger partial charge < -0.3 is 4.90 Å². The predicted molar refractivity (Wildman–Crippen MR) is 84.7 cm³/mol. The molecule has 0 saturated carbocycles. The highest BCUT2D eigenvalue weighted by Gasteiger charge is 2.39. The number of H-pyrrole nitrogens is 1. The number of halogens is 3. The minimum Gasteiger partial charge on any atom is -0.338 e. The van der Waals surface area contributed by atoms with Gasteiger partial charge in [-0.15, -0.1) is 5.10 Å². The fourth-order valence-corrected chi connectivity index (χ4v) is 3.28. The number of aryl methyl sites for hydroxylation is 2. The second kappa shape index (κ2) is 6.29. The highest BCUT2D eigenvalue weighted by atomic mass is 19.4. The highest BCUT2D eigenvalue weighted by Crippen LogP contribution is 2.28. The average molecular weight is 372 g/mol. The quantitative estimate of drug-likeness (QED) is 0.864. The molecule has 8 nitrogen and oxygen atoms in total. The van der Waals surface area contributed by atoms with Crippen molar-refractivity contribution in [1.29, 1.82) is 0 Å². The molecule has 2 aromatic heterocycles. The SMILES string of the molecule is Cc1n[nH]c(C)c1C(=O)N1CCC(n2nc(C(F)(F)F)n(C)c2=O)CC1. The van der Waals surface area contributed by atoms with Crippen LogP contribution >= 0.6 is 0 Å². The van der Waals surface area contributed by atoms with Gasteiger partial charge in [0.2, 0.25) is 5.82 Å². The molecular weight excluding hydrogens is 353 g/mol. The van der Waals surface area contributed by atoms with Crippen LogP contribution in [0.2, 0.25) is 0 Å². The Kier molecular flexibility index (Phi) is 4.41. The summed E-state index contributed by atoms with van der Waals surface area (Å²) in [4.78, 5) is 26.4. The summed E-state index contributed by atoms with van der Waals surface area (Å²) in [6.07, 6.45) is -3.97. The lowest BCUT2D eigenvalue weighted by Crippen LogP contribution is -2.41. The molecule has 26 heavy (non-hydrogen) atoms. The summed E-state index contributed by atoms with van der Waals surface area (Å²) in [5.74, 6) is -1.39. The van der Waals surface area contributed by atoms with Crippen LogP contribution in [-0.4, -0.2) is 48.4 Å². The lowest BCUT2D eigenvalue weighted by atomic mass is 10.0. The Balaban J connectivity index is 1.75. The van der Waals surface area contributed by atoms with Gasteiger partial charge in [-0.05, 0) is 26.7 Å². The van der Waals surface area contributed by atoms with Crippen LogP contribution < -0.4 is 5.69 Å². The van der Waals surface area contributed by atoms with Crippen molar-refractivity contribution in [2.24, 2.45) is 7.05 Å². The van der Waals surface area contributed by atoms with E-state index in [0.29, 0.717) is 47.4 Å². The maximum Gasteiger partial charge on any atom is 0.451 e. The Bertz CT molecular complexity index is 867. The van der Waals surface area contributed by atoms with E-state index < -0.39 is 23.7 Å². The minimum absolute atomic E-state index is 0.170. The van der Waals surface area contributed by atoms with E-state index in [1.165, 1.54) is 0 Å². The molecule has 0 aromatic carbocycles. The molecule has 1 N–H and O–H groups in total. The molecule has 142 valence electrons. The average Bonchev–Trinajstić information content (AvgIpc) is 3.07. The molecule has 0 radical (unpaired) electrons. The first-order chi connectivity index (χ1) is 12.1. The molecule has 11 heteroatoms. The summed E-state index contributed by atoms with van der Waals surface area (Å²) in [7, 11) is 1.05. The van der Waals surface area contributed by atoms with Gasteiger partial charge in [-0.3, -0.25) is 14.5 Å². The first-order valence-electron chi connectivity index (χ1n) is 8.14. The van der Waals surface area contributed by atoms with E-state index in [1.54, 1.807) is 18.7 Å². The van der Waals surface area contributed by atoms with Gasteiger partial charge >= 0.3 is 11.9 Å². The lowest BCUT2D eigenvalue weighted by molar-refractivity contribution is -0.147. The van der Waals surface area contributed by atoms with Crippen LogP contribution in [0.5, 0.6) is 0 Å². The second-order valence-corrected chi connectivity index (χ2v) is 6.44. The third-order valence-electron chi connectivity index (χ3n) is 4.70. The summed E-state index contributed by atoms with van der Waals surface area (Å²) in [5, 5.41) is 10.2. The van der Waals surface area contributed by atoms with Crippen molar-refractivity contribution in [2.45, 2.75) is 38.9 Å². The third-order valence-corrected chi connectivity index (χ3v) is 4.70. The van der Waals surface area contributed by atoms with E-state index in [4.69, 9.17) is 0 Å². The number of rotatable bonds is 2. The summed E-state index contributed by atoms with van der Waals surface area (Å²) < 4.78 is 40.1. The molecule has 0 spiro atoms. The van der Waals surface area contributed by atoms with E-state index in [9.17, 15) is 22.8 Å². The molecular formula is C15H19F3N6O2. The van der Waals surface area contributed by atoms with Crippen LogP contribution in [0.1, 0.15) is 46.5 Å². The molecule has 1 aliphatic rings. The molecule has 1 amide bonds. The van der Waals surface area contributed by atoms with Gasteiger partial charge in [0.1, 0.15) is 0 Å². The Morgan fingerprint density at radius 3 is 2.31 bits per heavy atom. The van der Waals surface area contributed by atoms with Gasteiger partial charge in [0, 0.05) is 25.8 Å². The van der Waals surface area contributed by atoms with Crippen LogP contribution in [0.15, 0.2) is 4.79 Å². The number of aromatic nitrogens is 5. The molecule has 1 saturated heterocycles. The second-order valence-electron chi connectivity index (χ2n) is 6.44. The summed E-state index contributed by atoms with van der Waals surface area (Å²) >= 11 is 0. The van der Waals surface area contributed by atoms with Crippen molar-refractivity contribution in [1.82, 2.24) is 29.4 Å². The van der Waals surface area contributed by atoms with Crippen LogP contribution in [0, 0.1) is 13.8 Å². The summed E-state index contributed by atoms with van der Waals surface area (Å²) in [6, 6.07) is -0.472. The standard InChI is InChI=1S/C15H19F3N6O2/c1-8-11(9(2)20-19-8)12(25)23-6-4-10(5-7-23)24-14(26)22(3)13(21-24)15(16,17)18/h10H,4-7H2,1-3H3,(H,19,20). The van der Waals surface area contributed by atoms with Crippen LogP contribution in [0.4, 0.5) is 13.2 Å². The van der Waals surface area contributed by atoms with Crippen molar-refractivity contribution in [3.05, 3.63) is 33.3 Å². The number of piperidine rings is 1. The van der Waals surface area contributed by atoms with E-state index in [0.717, 1.165) is 11.7 Å². The zero-order chi connectivity index (χ0) is 19.2. The topological polar surface area (TPSA) is 88.8 Å². The summed E-state index contributed by atoms with van der Waals surface area (Å²) in [6.45, 7) is 4.15. The van der Waals surface area contributed by atoms with E-state index in [1.807, 2.05) is 0 Å². The number of nitrogens with one attached hydrogen (secondary N) is 1. The largest absolute Gasteiger partial charge is 0.451 e. The first-order valence-corrected chi connectivity index (χ1v) is 8.14. The van der Waals surface area contributed by atoms with Gasteiger partial charge in [0.05, 0.1) is 17.3 Å². The fourth-order valence-electron chi connectivity index (χ4n) is 3.28. The number of nitrogens with zero attached hydrogens (tertiary/aromatic N) is 5. The number of aromatic amines is 1. The molecule has 0 atom stereocenters. The normalized spacial score (nSPS) is 16.3. The number of alkyl halides is 3. The van der Waals surface area contributed by atoms with Crippen LogP contribution in [0.25, 0.3) is 0 Å². The van der Waals surface area contributed by atoms with Gasteiger partial charge in [-0.1, -0.05) is 0 Å². The number of carbonyl (C=O) groups is 1. The Morgan fingerprint density at radius 2 is 1.85 bits per heavy atom. The molecule has 2 aromatic rings. The maximum absolute atomic E-state index is 12.9. The molecule has 3 heterocycles. The minimum atomic E-state index is -4.69. The number of likely N-dealkylation sites (tertiary alicyclic amines) is 1. The zero-order valence-electron chi connectivity index (χ0n) is 14.6. The van der Waals surface area contributed by atoms with Crippen molar-refractivity contribution in [3.8, 4) is 0 Å². The molecule has 3 rings (SSSR count). The van der Waals surface area contributed by atoms with Gasteiger partial charge in [-0.25, -0.2) is 9.48 Å². The van der Waals surface area contributed by atoms with Gasteiger partial charge in [0.25, 0.3) is 5.91 Å². The molecule has 1 fully saturated rings. The van der Waals surface area contributed by atoms with Crippen LogP contribution in [-0.2, 0) is 13.2 Å². The molecule has 0 bridgehead atoms. The summed E-state index contributed by atoms with van der Waals surface area (Å²) in [5.41, 5.74) is 0.984. The fraction of sp³-hybridized carbons (Fsp3) is 0.600. The number of carbonyl (C=O) groups excluding carboxylic acids is 1. The molecule has 0 unspecified atom stereocenters. The molecule has 1 aliphatic heterocycles. The van der Waals surface area contributed by atoms with E-state index >= 15 is 0 Å². The Morgan fingerprint density at radius 1 is 1.23 bits per heavy atom. The van der Waals surface area contributed by atoms with Crippen LogP contribution in [0.3, 0.4) is 0 Å². The molecule has 0 aliphatic carbocycles. The zero-order valence-corrected chi connectivity index (χ0v) is 14.6. The Labute approximate surface area is 146 Å². The van der Waals surface area contributed by atoms with Gasteiger partial charge in [0.15, 0.2) is 0 Å². The number of hydrogen-bond donors (Lipinski definition) is 1. The van der Waals surface area contributed by atoms with E-state index in [-0.39, 0.29) is 5.91 Å². The van der Waals surface area contributed by atoms with Crippen molar-refractivity contribution in [2.75, 3.05) is 13.1 Å². The van der Waals surface area contributed by atoms with Crippen molar-refractivity contribution in [3.63, 3.8) is 0 Å². The smallest absolute Gasteiger partial charge is 0.338 e. The van der Waals surface area contributed by atoms with Crippen molar-refractivity contribution >= 4 is 5.91 Å². The number of amides is 1. The predicted octanol–water partition coefficient (Wildman–Crippen LogP) is 1.42. The van der Waals surface area contributed by atoms with Gasteiger partial charge in [-0.2, -0.15) is 18.3 Å². The highest BCUT2D eigenvalue weighted by molar-refractivity contribution is 5.96. The number of hydrogen-bond acceptors (Lipinski definition) is 4. The first kappa shape index (κ1) is 18.2. The van der Waals surface area contributed by atoms with Crippen molar-refractivity contribution < 1.29 is 18.0 Å². The Hall–Kier alpha value is -2.59. The van der Waals surface area contributed by atoms with E-state index in [2.05, 4.69) is 15.3 Å². The lowest BCUT2D eigenvalue weighted by Gasteiger charge is -2.31.